The SMILES string of the molecule is Cc1nc(NC(=O)C(C)C)nc2c1/C(=C/C(C)(C)c1ccc(C(F)(F)F)cc1)OC(C(C)C)=N2. The van der Waals surface area contributed by atoms with E-state index in [9.17, 15) is 18.0 Å². The molecule has 34 heavy (non-hydrogen) atoms. The van der Waals surface area contributed by atoms with Gasteiger partial charge in [0.15, 0.2) is 11.7 Å². The summed E-state index contributed by atoms with van der Waals surface area (Å²) in [6.07, 6.45) is -2.56. The van der Waals surface area contributed by atoms with Crippen LogP contribution < -0.4 is 5.32 Å². The summed E-state index contributed by atoms with van der Waals surface area (Å²) in [5.41, 5.74) is 0.448. The highest BCUT2D eigenvalue weighted by Gasteiger charge is 2.32. The second-order valence-corrected chi connectivity index (χ2v) is 9.49. The molecule has 1 amide bonds. The molecule has 0 fully saturated rings. The number of carbonyl (C=O) groups excluding carboxylic acids is 1. The number of hydrogen-bond donors (Lipinski definition) is 1. The summed E-state index contributed by atoms with van der Waals surface area (Å²) >= 11 is 0. The highest BCUT2D eigenvalue weighted by atomic mass is 19.4. The van der Waals surface area contributed by atoms with Crippen molar-refractivity contribution in [3.8, 4) is 0 Å². The number of nitrogens with one attached hydrogen (secondary N) is 1. The number of carbonyl (C=O) groups is 1. The summed E-state index contributed by atoms with van der Waals surface area (Å²) in [6.45, 7) is 12.9. The van der Waals surface area contributed by atoms with Gasteiger partial charge in [0.1, 0.15) is 5.76 Å². The number of halogens is 3. The first-order chi connectivity index (χ1) is 15.7. The van der Waals surface area contributed by atoms with Gasteiger partial charge in [-0.25, -0.2) is 4.98 Å². The van der Waals surface area contributed by atoms with Crippen LogP contribution in [0.5, 0.6) is 0 Å². The van der Waals surface area contributed by atoms with Gasteiger partial charge in [-0.15, -0.1) is 0 Å². The largest absolute Gasteiger partial charge is 0.442 e. The standard InChI is InChI=1S/C25H29F3N4O2/c1-13(2)21(33)32-23-29-15(5)19-18(34-22(14(3)4)30-20(19)31-23)12-24(6,7)16-8-10-17(11-9-16)25(26,27)28/h8-14H,1-7H3,(H,29,31,32,33)/b18-12-. The molecule has 1 N–H and O–H groups in total. The van der Waals surface area contributed by atoms with Gasteiger partial charge in [-0.2, -0.15) is 23.1 Å². The molecule has 1 aromatic carbocycles. The lowest BCUT2D eigenvalue weighted by Crippen LogP contribution is -2.22. The number of aromatic nitrogens is 2. The molecule has 3 rings (SSSR count). The fourth-order valence-electron chi connectivity index (χ4n) is 3.38. The van der Waals surface area contributed by atoms with Gasteiger partial charge >= 0.3 is 6.18 Å². The number of alkyl halides is 3. The molecule has 0 saturated heterocycles. The number of hydrogen-bond acceptors (Lipinski definition) is 5. The smallest absolute Gasteiger partial charge is 0.416 e. The summed E-state index contributed by atoms with van der Waals surface area (Å²) in [5, 5.41) is 2.70. The Morgan fingerprint density at radius 2 is 1.62 bits per heavy atom. The van der Waals surface area contributed by atoms with Crippen molar-refractivity contribution < 1.29 is 22.7 Å². The Morgan fingerprint density at radius 3 is 2.15 bits per heavy atom. The number of ether oxygens (including phenoxy) is 1. The topological polar surface area (TPSA) is 76.5 Å². The van der Waals surface area contributed by atoms with E-state index in [-0.39, 0.29) is 23.7 Å². The van der Waals surface area contributed by atoms with Gasteiger partial charge in [0.25, 0.3) is 0 Å². The average Bonchev–Trinajstić information content (AvgIpc) is 2.72. The van der Waals surface area contributed by atoms with Crippen LogP contribution in [0.1, 0.15) is 63.9 Å². The maximum atomic E-state index is 13.0. The van der Waals surface area contributed by atoms with E-state index in [1.165, 1.54) is 12.1 Å². The lowest BCUT2D eigenvalue weighted by molar-refractivity contribution is -0.137. The van der Waals surface area contributed by atoms with Gasteiger partial charge in [-0.3, -0.25) is 10.1 Å². The zero-order valence-corrected chi connectivity index (χ0v) is 20.3. The van der Waals surface area contributed by atoms with Crippen molar-refractivity contribution in [3.63, 3.8) is 0 Å². The van der Waals surface area contributed by atoms with E-state index in [0.29, 0.717) is 34.3 Å². The fourth-order valence-corrected chi connectivity index (χ4v) is 3.38. The van der Waals surface area contributed by atoms with Crippen molar-refractivity contribution >= 4 is 29.3 Å². The van der Waals surface area contributed by atoms with Crippen LogP contribution in [-0.4, -0.2) is 21.8 Å². The third-order valence-corrected chi connectivity index (χ3v) is 5.45. The molecule has 1 aliphatic heterocycles. The third kappa shape index (κ3) is 5.46. The Labute approximate surface area is 197 Å². The zero-order valence-electron chi connectivity index (χ0n) is 20.3. The first-order valence-corrected chi connectivity index (χ1v) is 11.1. The van der Waals surface area contributed by atoms with Gasteiger partial charge in [-0.1, -0.05) is 53.7 Å². The van der Waals surface area contributed by atoms with Crippen LogP contribution in [0, 0.1) is 18.8 Å². The molecule has 0 bridgehead atoms. The van der Waals surface area contributed by atoms with Crippen LogP contribution in [0.4, 0.5) is 24.9 Å². The van der Waals surface area contributed by atoms with Crippen molar-refractivity contribution in [1.29, 1.82) is 0 Å². The Kier molecular flexibility index (Phi) is 6.87. The summed E-state index contributed by atoms with van der Waals surface area (Å²) < 4.78 is 45.1. The van der Waals surface area contributed by atoms with Crippen molar-refractivity contribution in [3.05, 3.63) is 52.7 Å². The number of allylic oxidation sites excluding steroid dienone is 1. The quantitative estimate of drug-likeness (QED) is 0.542. The highest BCUT2D eigenvalue weighted by molar-refractivity contribution is 5.94. The molecule has 1 aliphatic rings. The van der Waals surface area contributed by atoms with Gasteiger partial charge < -0.3 is 4.74 Å². The number of anilines is 1. The number of aliphatic imine (C=N–C) groups is 1. The summed E-state index contributed by atoms with van der Waals surface area (Å²) in [4.78, 5) is 25.5. The van der Waals surface area contributed by atoms with Gasteiger partial charge in [0.05, 0.1) is 16.8 Å². The minimum atomic E-state index is -4.40. The number of nitrogens with zero attached hydrogens (tertiary/aromatic N) is 3. The highest BCUT2D eigenvalue weighted by Crippen LogP contribution is 2.39. The maximum absolute atomic E-state index is 13.0. The first-order valence-electron chi connectivity index (χ1n) is 11.1. The minimum absolute atomic E-state index is 0.0466. The average molecular weight is 475 g/mol. The molecule has 0 aliphatic carbocycles. The molecular weight excluding hydrogens is 445 g/mol. The van der Waals surface area contributed by atoms with Crippen LogP contribution in [0.2, 0.25) is 0 Å². The van der Waals surface area contributed by atoms with Gasteiger partial charge in [0, 0.05) is 17.3 Å². The lowest BCUT2D eigenvalue weighted by Gasteiger charge is -2.27. The van der Waals surface area contributed by atoms with Crippen LogP contribution in [0.3, 0.4) is 0 Å². The molecule has 0 saturated carbocycles. The van der Waals surface area contributed by atoms with Gasteiger partial charge in [-0.05, 0) is 30.7 Å². The van der Waals surface area contributed by atoms with Crippen molar-refractivity contribution in [2.24, 2.45) is 16.8 Å². The van der Waals surface area contributed by atoms with Crippen molar-refractivity contribution in [2.75, 3.05) is 5.32 Å². The summed E-state index contributed by atoms with van der Waals surface area (Å²) in [5.74, 6) is 0.950. The molecule has 182 valence electrons. The predicted octanol–water partition coefficient (Wildman–Crippen LogP) is 6.43. The molecule has 1 aromatic heterocycles. The van der Waals surface area contributed by atoms with Crippen molar-refractivity contribution in [2.45, 2.75) is 60.1 Å². The van der Waals surface area contributed by atoms with Crippen LogP contribution in [0.15, 0.2) is 35.3 Å². The van der Waals surface area contributed by atoms with E-state index < -0.39 is 17.2 Å². The number of amides is 1. The lowest BCUT2D eigenvalue weighted by atomic mass is 9.83. The van der Waals surface area contributed by atoms with Gasteiger partial charge in [0.2, 0.25) is 11.9 Å². The first kappa shape index (κ1) is 25.4. The van der Waals surface area contributed by atoms with E-state index >= 15 is 0 Å². The van der Waals surface area contributed by atoms with E-state index in [2.05, 4.69) is 20.3 Å². The molecule has 0 atom stereocenters. The predicted molar refractivity (Wildman–Crippen MR) is 126 cm³/mol. The molecule has 0 spiro atoms. The van der Waals surface area contributed by atoms with E-state index in [1.54, 1.807) is 20.8 Å². The maximum Gasteiger partial charge on any atom is 0.416 e. The van der Waals surface area contributed by atoms with E-state index in [4.69, 9.17) is 4.74 Å². The van der Waals surface area contributed by atoms with E-state index in [1.807, 2.05) is 33.8 Å². The second-order valence-electron chi connectivity index (χ2n) is 9.49. The molecule has 9 heteroatoms. The summed E-state index contributed by atoms with van der Waals surface area (Å²) in [7, 11) is 0. The second kappa shape index (κ2) is 9.19. The Balaban J connectivity index is 2.07. The Morgan fingerprint density at radius 1 is 1.03 bits per heavy atom. The zero-order chi connectivity index (χ0) is 25.4. The molecule has 2 heterocycles. The van der Waals surface area contributed by atoms with E-state index in [0.717, 1.165) is 12.1 Å². The minimum Gasteiger partial charge on any atom is -0.442 e. The number of fused-ring (bicyclic) bond motifs is 1. The van der Waals surface area contributed by atoms with Crippen LogP contribution >= 0.6 is 0 Å². The third-order valence-electron chi connectivity index (χ3n) is 5.45. The van der Waals surface area contributed by atoms with Crippen molar-refractivity contribution in [1.82, 2.24) is 9.97 Å². The number of aryl methyl sites for hydroxylation is 1. The molecule has 0 unspecified atom stereocenters. The number of benzene rings is 1. The molecule has 2 aromatic rings. The Bertz CT molecular complexity index is 1150. The van der Waals surface area contributed by atoms with Crippen LogP contribution in [0.25, 0.3) is 5.76 Å². The summed E-state index contributed by atoms with van der Waals surface area (Å²) in [6, 6.07) is 5.08. The molecule has 6 nitrogen and oxygen atoms in total. The Hall–Kier alpha value is -3.23. The molecule has 0 radical (unpaired) electrons. The van der Waals surface area contributed by atoms with Crippen LogP contribution in [-0.2, 0) is 21.1 Å². The number of rotatable bonds is 5. The molecular formula is C25H29F3N4O2. The monoisotopic (exact) mass is 474 g/mol. The fraction of sp³-hybridized carbons (Fsp3) is 0.440. The normalized spacial score (nSPS) is 15.3.